The third-order valence-corrected chi connectivity index (χ3v) is 6.45. The molecule has 2 N–H and O–H groups in total. The zero-order valence-corrected chi connectivity index (χ0v) is 22.3. The SMILES string of the molecule is CCCOc1ccc(C=NNC(=O)[C@@H](CSCc2ccccc2)NC(=O)c2cc([N+](=O)[O-])cc([N+](=O)[O-])c2)cc1. The number of nitrogens with one attached hydrogen (secondary N) is 2. The minimum Gasteiger partial charge on any atom is -0.494 e. The molecule has 2 amide bonds. The second kappa shape index (κ2) is 15.0. The van der Waals surface area contributed by atoms with Crippen LogP contribution in [-0.2, 0) is 10.5 Å². The number of ether oxygens (including phenoxy) is 1. The van der Waals surface area contributed by atoms with Crippen molar-refractivity contribution in [3.05, 3.63) is 110 Å². The molecule has 0 aliphatic carbocycles. The number of benzene rings is 3. The predicted octanol–water partition coefficient (Wildman–Crippen LogP) is 4.47. The number of hydrogen-bond donors (Lipinski definition) is 2. The van der Waals surface area contributed by atoms with Crippen molar-refractivity contribution in [2.45, 2.75) is 25.1 Å². The molecule has 0 spiro atoms. The molecule has 3 aromatic rings. The Balaban J connectivity index is 1.72. The summed E-state index contributed by atoms with van der Waals surface area (Å²) in [7, 11) is 0. The molecule has 1 atom stereocenters. The predicted molar refractivity (Wildman–Crippen MR) is 152 cm³/mol. The monoisotopic (exact) mass is 565 g/mol. The summed E-state index contributed by atoms with van der Waals surface area (Å²) in [6.45, 7) is 2.61. The minimum absolute atomic E-state index is 0.141. The maximum atomic E-state index is 13.0. The lowest BCUT2D eigenvalue weighted by atomic mass is 10.1. The molecule has 40 heavy (non-hydrogen) atoms. The van der Waals surface area contributed by atoms with Crippen LogP contribution in [0.3, 0.4) is 0 Å². The van der Waals surface area contributed by atoms with Gasteiger partial charge in [-0.3, -0.25) is 29.8 Å². The summed E-state index contributed by atoms with van der Waals surface area (Å²) in [6.07, 6.45) is 2.32. The third-order valence-electron chi connectivity index (χ3n) is 5.35. The van der Waals surface area contributed by atoms with E-state index in [1.807, 2.05) is 37.3 Å². The number of nitro groups is 2. The van der Waals surface area contributed by atoms with Crippen LogP contribution in [0.1, 0.15) is 34.8 Å². The van der Waals surface area contributed by atoms with E-state index in [0.29, 0.717) is 23.7 Å². The minimum atomic E-state index is -1.10. The molecule has 0 bridgehead atoms. The summed E-state index contributed by atoms with van der Waals surface area (Å²) in [4.78, 5) is 46.7. The number of non-ortho nitro benzene ring substituents is 2. The Bertz CT molecular complexity index is 1340. The van der Waals surface area contributed by atoms with Crippen molar-refractivity contribution >= 4 is 41.2 Å². The van der Waals surface area contributed by atoms with Crippen LogP contribution < -0.4 is 15.5 Å². The van der Waals surface area contributed by atoms with Crippen LogP contribution in [0.25, 0.3) is 0 Å². The lowest BCUT2D eigenvalue weighted by Gasteiger charge is -2.17. The lowest BCUT2D eigenvalue weighted by molar-refractivity contribution is -0.394. The molecule has 13 heteroatoms. The van der Waals surface area contributed by atoms with E-state index in [1.54, 1.807) is 24.3 Å². The Kier molecular flexibility index (Phi) is 11.1. The first-order chi connectivity index (χ1) is 19.3. The van der Waals surface area contributed by atoms with Gasteiger partial charge in [0.25, 0.3) is 23.2 Å². The maximum Gasteiger partial charge on any atom is 0.277 e. The van der Waals surface area contributed by atoms with E-state index < -0.39 is 39.1 Å². The quantitative estimate of drug-likeness (QED) is 0.164. The van der Waals surface area contributed by atoms with E-state index in [1.165, 1.54) is 18.0 Å². The highest BCUT2D eigenvalue weighted by Crippen LogP contribution is 2.23. The van der Waals surface area contributed by atoms with Gasteiger partial charge < -0.3 is 10.1 Å². The highest BCUT2D eigenvalue weighted by atomic mass is 32.2. The molecule has 208 valence electrons. The highest BCUT2D eigenvalue weighted by molar-refractivity contribution is 7.98. The van der Waals surface area contributed by atoms with Gasteiger partial charge in [-0.1, -0.05) is 37.3 Å². The molecular formula is C27H27N5O7S. The van der Waals surface area contributed by atoms with Crippen molar-refractivity contribution in [1.82, 2.24) is 10.7 Å². The van der Waals surface area contributed by atoms with Crippen LogP contribution in [0.5, 0.6) is 5.75 Å². The van der Waals surface area contributed by atoms with E-state index >= 15 is 0 Å². The smallest absolute Gasteiger partial charge is 0.277 e. The molecule has 3 rings (SSSR count). The van der Waals surface area contributed by atoms with Gasteiger partial charge in [-0.25, -0.2) is 5.43 Å². The van der Waals surface area contributed by atoms with E-state index in [9.17, 15) is 29.8 Å². The van der Waals surface area contributed by atoms with E-state index in [4.69, 9.17) is 4.74 Å². The third kappa shape index (κ3) is 9.20. The summed E-state index contributed by atoms with van der Waals surface area (Å²) in [6, 6.07) is 18.1. The zero-order valence-electron chi connectivity index (χ0n) is 21.5. The van der Waals surface area contributed by atoms with Gasteiger partial charge in [-0.2, -0.15) is 16.9 Å². The lowest BCUT2D eigenvalue weighted by Crippen LogP contribution is -2.47. The first kappa shape index (κ1) is 29.8. The molecule has 0 saturated carbocycles. The Morgan fingerprint density at radius 2 is 1.65 bits per heavy atom. The second-order valence-electron chi connectivity index (χ2n) is 8.43. The van der Waals surface area contributed by atoms with Crippen molar-refractivity contribution in [2.75, 3.05) is 12.4 Å². The Morgan fingerprint density at radius 3 is 2.25 bits per heavy atom. The molecule has 0 aliphatic rings. The van der Waals surface area contributed by atoms with Gasteiger partial charge in [-0.15, -0.1) is 0 Å². The van der Waals surface area contributed by atoms with Gasteiger partial charge in [0.2, 0.25) is 0 Å². The maximum absolute atomic E-state index is 13.0. The second-order valence-corrected chi connectivity index (χ2v) is 9.46. The molecule has 0 fully saturated rings. The highest BCUT2D eigenvalue weighted by Gasteiger charge is 2.25. The molecular weight excluding hydrogens is 538 g/mol. The molecule has 0 aliphatic heterocycles. The number of thioether (sulfide) groups is 1. The van der Waals surface area contributed by atoms with Crippen LogP contribution in [0.2, 0.25) is 0 Å². The number of carbonyl (C=O) groups is 2. The van der Waals surface area contributed by atoms with Crippen molar-refractivity contribution in [1.29, 1.82) is 0 Å². The fourth-order valence-corrected chi connectivity index (χ4v) is 4.37. The Morgan fingerprint density at radius 1 is 1.00 bits per heavy atom. The van der Waals surface area contributed by atoms with Crippen molar-refractivity contribution in [3.63, 3.8) is 0 Å². The van der Waals surface area contributed by atoms with Gasteiger partial charge in [0.05, 0.1) is 34.3 Å². The molecule has 0 saturated heterocycles. The fraction of sp³-hybridized carbons (Fsp3) is 0.222. The Hall–Kier alpha value is -4.78. The molecule has 0 radical (unpaired) electrons. The number of rotatable bonds is 14. The summed E-state index contributed by atoms with van der Waals surface area (Å²) in [5, 5.41) is 28.9. The fourth-order valence-electron chi connectivity index (χ4n) is 3.35. The van der Waals surface area contributed by atoms with Crippen LogP contribution in [0, 0.1) is 20.2 Å². The molecule has 3 aromatic carbocycles. The first-order valence-electron chi connectivity index (χ1n) is 12.2. The van der Waals surface area contributed by atoms with Crippen LogP contribution in [-0.4, -0.2) is 46.3 Å². The summed E-state index contributed by atoms with van der Waals surface area (Å²) >= 11 is 1.38. The average Bonchev–Trinajstić information content (AvgIpc) is 2.96. The molecule has 12 nitrogen and oxygen atoms in total. The number of amides is 2. The van der Waals surface area contributed by atoms with Gasteiger partial charge in [0, 0.05) is 23.6 Å². The van der Waals surface area contributed by atoms with E-state index in [2.05, 4.69) is 15.8 Å². The van der Waals surface area contributed by atoms with Gasteiger partial charge in [0.15, 0.2) is 0 Å². The van der Waals surface area contributed by atoms with E-state index in [0.717, 1.165) is 30.2 Å². The van der Waals surface area contributed by atoms with Crippen LogP contribution >= 0.6 is 11.8 Å². The van der Waals surface area contributed by atoms with Crippen molar-refractivity contribution in [2.24, 2.45) is 5.10 Å². The average molecular weight is 566 g/mol. The summed E-state index contributed by atoms with van der Waals surface area (Å²) < 4.78 is 5.54. The summed E-state index contributed by atoms with van der Waals surface area (Å²) in [5.74, 6) is -0.101. The number of nitrogens with zero attached hydrogens (tertiary/aromatic N) is 3. The molecule has 0 unspecified atom stereocenters. The molecule has 0 aromatic heterocycles. The topological polar surface area (TPSA) is 166 Å². The molecule has 0 heterocycles. The Labute approximate surface area is 234 Å². The standard InChI is InChI=1S/C27H27N5O7S/c1-2-12-39-24-10-8-19(9-11-24)16-28-30-27(34)25(18-40-17-20-6-4-3-5-7-20)29-26(33)21-13-22(31(35)36)15-23(14-21)32(37)38/h3-11,13-16,25H,2,12,17-18H2,1H3,(H,29,33)(H,30,34)/t25-/m1/s1. The van der Waals surface area contributed by atoms with Gasteiger partial charge in [-0.05, 0) is 41.8 Å². The van der Waals surface area contributed by atoms with Gasteiger partial charge in [0.1, 0.15) is 11.8 Å². The number of hydrogen-bond acceptors (Lipinski definition) is 9. The van der Waals surface area contributed by atoms with Crippen LogP contribution in [0.4, 0.5) is 11.4 Å². The number of carbonyl (C=O) groups excluding carboxylic acids is 2. The van der Waals surface area contributed by atoms with Crippen molar-refractivity contribution < 1.29 is 24.2 Å². The van der Waals surface area contributed by atoms with Crippen molar-refractivity contribution in [3.8, 4) is 5.75 Å². The number of hydrazone groups is 1. The first-order valence-corrected chi connectivity index (χ1v) is 13.3. The van der Waals surface area contributed by atoms with Crippen LogP contribution in [0.15, 0.2) is 77.9 Å². The van der Waals surface area contributed by atoms with Gasteiger partial charge >= 0.3 is 0 Å². The largest absolute Gasteiger partial charge is 0.494 e. The van der Waals surface area contributed by atoms with E-state index in [-0.39, 0.29) is 11.3 Å². The normalized spacial score (nSPS) is 11.5. The number of nitro benzene ring substituents is 2. The zero-order chi connectivity index (χ0) is 28.9. The summed E-state index contributed by atoms with van der Waals surface area (Å²) in [5.41, 5.74) is 2.56.